The van der Waals surface area contributed by atoms with Gasteiger partial charge < -0.3 is 9.47 Å². The van der Waals surface area contributed by atoms with Crippen LogP contribution in [0.5, 0.6) is 11.5 Å². The van der Waals surface area contributed by atoms with Crippen LogP contribution in [0.1, 0.15) is 22.8 Å². The fourth-order valence-corrected chi connectivity index (χ4v) is 2.13. The second-order valence-electron chi connectivity index (χ2n) is 5.02. The molecule has 0 aliphatic carbocycles. The summed E-state index contributed by atoms with van der Waals surface area (Å²) in [4.78, 5) is 22.3. The first-order valence-corrected chi connectivity index (χ1v) is 7.59. The van der Waals surface area contributed by atoms with Crippen molar-refractivity contribution < 1.29 is 28.0 Å². The van der Waals surface area contributed by atoms with E-state index in [-0.39, 0.29) is 29.4 Å². The molecule has 0 aromatic heterocycles. The van der Waals surface area contributed by atoms with Gasteiger partial charge in [-0.15, -0.1) is 0 Å². The molecule has 2 aromatic carbocycles. The standard InChI is InChI=1S/C18H15F2NO5/c1-2-25-17-10-12(7-9-16(17)26-18(19)20)6-8-15(22)13-4-3-5-14(11-13)21(23)24/h3-11,18H,2H2,1H3/b8-6+. The molecule has 0 N–H and O–H groups in total. The Kier molecular flexibility index (Phi) is 6.37. The highest BCUT2D eigenvalue weighted by Crippen LogP contribution is 2.30. The van der Waals surface area contributed by atoms with Crippen LogP contribution in [-0.2, 0) is 0 Å². The normalized spacial score (nSPS) is 10.9. The first kappa shape index (κ1) is 19.0. The van der Waals surface area contributed by atoms with Crippen LogP contribution in [0.3, 0.4) is 0 Å². The summed E-state index contributed by atoms with van der Waals surface area (Å²) >= 11 is 0. The lowest BCUT2D eigenvalue weighted by atomic mass is 10.1. The third kappa shape index (κ3) is 5.10. The van der Waals surface area contributed by atoms with Crippen molar-refractivity contribution in [2.24, 2.45) is 0 Å². The minimum Gasteiger partial charge on any atom is -0.490 e. The molecule has 2 rings (SSSR count). The molecule has 0 amide bonds. The molecule has 0 aliphatic heterocycles. The topological polar surface area (TPSA) is 78.7 Å². The van der Waals surface area contributed by atoms with E-state index in [2.05, 4.69) is 4.74 Å². The Morgan fingerprint density at radius 1 is 1.23 bits per heavy atom. The number of ether oxygens (including phenoxy) is 2. The molecular formula is C18H15F2NO5. The van der Waals surface area contributed by atoms with E-state index in [4.69, 9.17) is 4.74 Å². The number of carbonyl (C=O) groups is 1. The van der Waals surface area contributed by atoms with Gasteiger partial charge in [-0.1, -0.05) is 24.3 Å². The molecule has 0 bridgehead atoms. The van der Waals surface area contributed by atoms with E-state index in [1.54, 1.807) is 6.92 Å². The van der Waals surface area contributed by atoms with E-state index in [9.17, 15) is 23.7 Å². The molecule has 0 spiro atoms. The minimum atomic E-state index is -2.98. The Morgan fingerprint density at radius 2 is 2.00 bits per heavy atom. The average Bonchev–Trinajstić information content (AvgIpc) is 2.61. The number of alkyl halides is 2. The lowest BCUT2D eigenvalue weighted by molar-refractivity contribution is -0.384. The van der Waals surface area contributed by atoms with E-state index in [1.807, 2.05) is 0 Å². The third-order valence-corrected chi connectivity index (χ3v) is 3.25. The number of nitro groups is 1. The van der Waals surface area contributed by atoms with Crippen molar-refractivity contribution in [3.8, 4) is 11.5 Å². The lowest BCUT2D eigenvalue weighted by Crippen LogP contribution is -2.04. The summed E-state index contributed by atoms with van der Waals surface area (Å²) in [6, 6.07) is 9.60. The second kappa shape index (κ2) is 8.70. The van der Waals surface area contributed by atoms with Gasteiger partial charge >= 0.3 is 6.61 Å². The lowest BCUT2D eigenvalue weighted by Gasteiger charge is -2.11. The largest absolute Gasteiger partial charge is 0.490 e. The number of hydrogen-bond donors (Lipinski definition) is 0. The molecular weight excluding hydrogens is 348 g/mol. The molecule has 0 unspecified atom stereocenters. The molecule has 0 aliphatic rings. The molecule has 0 radical (unpaired) electrons. The Hall–Kier alpha value is -3.29. The van der Waals surface area contributed by atoms with E-state index >= 15 is 0 Å². The molecule has 0 fully saturated rings. The predicted octanol–water partition coefficient (Wildman–Crippen LogP) is 4.49. The van der Waals surface area contributed by atoms with Crippen molar-refractivity contribution >= 4 is 17.5 Å². The van der Waals surface area contributed by atoms with Crippen LogP contribution in [0.25, 0.3) is 6.08 Å². The molecule has 26 heavy (non-hydrogen) atoms. The average molecular weight is 363 g/mol. The van der Waals surface area contributed by atoms with Gasteiger partial charge in [-0.2, -0.15) is 8.78 Å². The van der Waals surface area contributed by atoms with E-state index in [0.717, 1.165) is 0 Å². The monoisotopic (exact) mass is 363 g/mol. The fraction of sp³-hybridized carbons (Fsp3) is 0.167. The summed E-state index contributed by atoms with van der Waals surface area (Å²) < 4.78 is 34.4. The zero-order valence-corrected chi connectivity index (χ0v) is 13.7. The fourth-order valence-electron chi connectivity index (χ4n) is 2.13. The summed E-state index contributed by atoms with van der Waals surface area (Å²) in [6.45, 7) is -1.04. The number of benzene rings is 2. The Labute approximate surface area is 147 Å². The highest BCUT2D eigenvalue weighted by molar-refractivity contribution is 6.07. The molecule has 6 nitrogen and oxygen atoms in total. The number of hydrogen-bond acceptors (Lipinski definition) is 5. The first-order valence-electron chi connectivity index (χ1n) is 7.59. The van der Waals surface area contributed by atoms with Crippen molar-refractivity contribution in [3.05, 3.63) is 69.8 Å². The summed E-state index contributed by atoms with van der Waals surface area (Å²) in [5, 5.41) is 10.8. The third-order valence-electron chi connectivity index (χ3n) is 3.25. The van der Waals surface area contributed by atoms with E-state index in [1.165, 1.54) is 54.6 Å². The van der Waals surface area contributed by atoms with Crippen molar-refractivity contribution in [1.29, 1.82) is 0 Å². The molecule has 0 saturated carbocycles. The predicted molar refractivity (Wildman–Crippen MR) is 90.7 cm³/mol. The maximum absolute atomic E-state index is 12.4. The van der Waals surface area contributed by atoms with Crippen molar-refractivity contribution in [3.63, 3.8) is 0 Å². The Balaban J connectivity index is 2.21. The van der Waals surface area contributed by atoms with Crippen LogP contribution in [0, 0.1) is 10.1 Å². The van der Waals surface area contributed by atoms with Gasteiger partial charge in [-0.05, 0) is 30.7 Å². The van der Waals surface area contributed by atoms with Gasteiger partial charge in [0.05, 0.1) is 11.5 Å². The maximum Gasteiger partial charge on any atom is 0.387 e. The van der Waals surface area contributed by atoms with Gasteiger partial charge in [0.2, 0.25) is 0 Å². The number of rotatable bonds is 8. The minimum absolute atomic E-state index is 0.107. The SMILES string of the molecule is CCOc1cc(/C=C/C(=O)c2cccc([N+](=O)[O-])c2)ccc1OC(F)F. The Bertz CT molecular complexity index is 836. The van der Waals surface area contributed by atoms with Crippen LogP contribution < -0.4 is 9.47 Å². The van der Waals surface area contributed by atoms with Gasteiger partial charge in [-0.3, -0.25) is 14.9 Å². The molecule has 0 saturated heterocycles. The number of ketones is 1. The first-order chi connectivity index (χ1) is 12.4. The van der Waals surface area contributed by atoms with E-state index < -0.39 is 17.3 Å². The molecule has 2 aromatic rings. The van der Waals surface area contributed by atoms with Crippen molar-refractivity contribution in [1.82, 2.24) is 0 Å². The van der Waals surface area contributed by atoms with Gasteiger partial charge in [0, 0.05) is 17.7 Å². The van der Waals surface area contributed by atoms with Crippen LogP contribution in [-0.4, -0.2) is 23.9 Å². The summed E-state index contributed by atoms with van der Waals surface area (Å²) in [5.74, 6) is -0.415. The van der Waals surface area contributed by atoms with Crippen molar-refractivity contribution in [2.45, 2.75) is 13.5 Å². The van der Waals surface area contributed by atoms with Gasteiger partial charge in [0.15, 0.2) is 17.3 Å². The zero-order chi connectivity index (χ0) is 19.1. The molecule has 0 atom stereocenters. The van der Waals surface area contributed by atoms with Crippen LogP contribution in [0.4, 0.5) is 14.5 Å². The van der Waals surface area contributed by atoms with Crippen LogP contribution in [0.2, 0.25) is 0 Å². The molecule has 8 heteroatoms. The van der Waals surface area contributed by atoms with Gasteiger partial charge in [0.1, 0.15) is 0 Å². The number of allylic oxidation sites excluding steroid dienone is 1. The van der Waals surface area contributed by atoms with Gasteiger partial charge in [0.25, 0.3) is 5.69 Å². The second-order valence-corrected chi connectivity index (χ2v) is 5.02. The number of nitro benzene ring substituents is 1. The highest BCUT2D eigenvalue weighted by Gasteiger charge is 2.12. The van der Waals surface area contributed by atoms with Gasteiger partial charge in [-0.25, -0.2) is 0 Å². The smallest absolute Gasteiger partial charge is 0.387 e. The number of halogens is 2. The number of nitrogens with zero attached hydrogens (tertiary/aromatic N) is 1. The molecule has 136 valence electrons. The molecule has 0 heterocycles. The zero-order valence-electron chi connectivity index (χ0n) is 13.7. The summed E-state index contributed by atoms with van der Waals surface area (Å²) in [6.07, 6.45) is 2.69. The van der Waals surface area contributed by atoms with Crippen molar-refractivity contribution in [2.75, 3.05) is 6.61 Å². The van der Waals surface area contributed by atoms with E-state index in [0.29, 0.717) is 5.56 Å². The Morgan fingerprint density at radius 3 is 2.65 bits per heavy atom. The summed E-state index contributed by atoms with van der Waals surface area (Å²) in [7, 11) is 0. The van der Waals surface area contributed by atoms with Crippen LogP contribution >= 0.6 is 0 Å². The maximum atomic E-state index is 12.4. The quantitative estimate of drug-likeness (QED) is 0.299. The summed E-state index contributed by atoms with van der Waals surface area (Å²) in [5.41, 5.74) is 0.503. The number of carbonyl (C=O) groups excluding carboxylic acids is 1. The number of non-ortho nitro benzene ring substituents is 1. The van der Waals surface area contributed by atoms with Crippen LogP contribution in [0.15, 0.2) is 48.5 Å². The highest BCUT2D eigenvalue weighted by atomic mass is 19.3.